The van der Waals surface area contributed by atoms with E-state index in [1.807, 2.05) is 0 Å². The Labute approximate surface area is 85.3 Å². The first kappa shape index (κ1) is 10.1. The number of nitrogens with one attached hydrogen (secondary N) is 1. The third-order valence-corrected chi connectivity index (χ3v) is 2.24. The second kappa shape index (κ2) is 4.28. The minimum Gasteiger partial charge on any atom is -0.496 e. The van der Waals surface area contributed by atoms with Crippen molar-refractivity contribution in [2.24, 2.45) is 0 Å². The molecule has 1 aromatic rings. The van der Waals surface area contributed by atoms with Crippen LogP contribution in [0.15, 0.2) is 22.7 Å². The molecule has 0 fully saturated rings. The minimum absolute atomic E-state index is 0.142. The highest BCUT2D eigenvalue weighted by Crippen LogP contribution is 2.25. The van der Waals surface area contributed by atoms with Crippen molar-refractivity contribution < 1.29 is 9.47 Å². The Balaban J connectivity index is 3.02. The maximum atomic E-state index is 7.42. The van der Waals surface area contributed by atoms with E-state index >= 15 is 0 Å². The second-order valence-corrected chi connectivity index (χ2v) is 3.24. The summed E-state index contributed by atoms with van der Waals surface area (Å²) in [6.45, 7) is 0. The molecule has 0 aliphatic rings. The SMILES string of the molecule is COC(=N)c1ccc(OC)c(Br)c1. The molecule has 13 heavy (non-hydrogen) atoms. The van der Waals surface area contributed by atoms with Crippen LogP contribution < -0.4 is 4.74 Å². The van der Waals surface area contributed by atoms with Crippen molar-refractivity contribution in [1.29, 1.82) is 5.41 Å². The number of benzene rings is 1. The minimum atomic E-state index is 0.142. The van der Waals surface area contributed by atoms with Crippen molar-refractivity contribution in [2.45, 2.75) is 0 Å². The molecule has 0 bridgehead atoms. The smallest absolute Gasteiger partial charge is 0.212 e. The van der Waals surface area contributed by atoms with Crippen molar-refractivity contribution in [2.75, 3.05) is 14.2 Å². The number of hydrogen-bond acceptors (Lipinski definition) is 3. The molecule has 0 aliphatic carbocycles. The summed E-state index contributed by atoms with van der Waals surface area (Å²) in [5.41, 5.74) is 0.718. The van der Waals surface area contributed by atoms with Crippen LogP contribution in [-0.4, -0.2) is 20.1 Å². The van der Waals surface area contributed by atoms with Crippen LogP contribution in [0.3, 0.4) is 0 Å². The quantitative estimate of drug-likeness (QED) is 0.641. The standard InChI is InChI=1S/C9H10BrNO2/c1-12-8-4-3-6(5-7(8)10)9(11)13-2/h3-5,11H,1-2H3. The number of hydrogen-bond donors (Lipinski definition) is 1. The summed E-state index contributed by atoms with van der Waals surface area (Å²) in [6, 6.07) is 5.34. The Morgan fingerprint density at radius 3 is 2.54 bits per heavy atom. The molecule has 70 valence electrons. The predicted molar refractivity (Wildman–Crippen MR) is 54.5 cm³/mol. The molecule has 0 aromatic heterocycles. The zero-order chi connectivity index (χ0) is 9.84. The molecule has 4 heteroatoms. The predicted octanol–water partition coefficient (Wildman–Crippen LogP) is 2.43. The van der Waals surface area contributed by atoms with E-state index in [0.717, 1.165) is 15.8 Å². The Morgan fingerprint density at radius 1 is 1.38 bits per heavy atom. The van der Waals surface area contributed by atoms with E-state index < -0.39 is 0 Å². The van der Waals surface area contributed by atoms with Gasteiger partial charge in [0, 0.05) is 5.56 Å². The van der Waals surface area contributed by atoms with Crippen molar-refractivity contribution in [3.63, 3.8) is 0 Å². The molecule has 0 atom stereocenters. The lowest BCUT2D eigenvalue weighted by Crippen LogP contribution is -2.01. The molecule has 0 saturated heterocycles. The van der Waals surface area contributed by atoms with Gasteiger partial charge >= 0.3 is 0 Å². The molecule has 1 N–H and O–H groups in total. The molecule has 0 amide bonds. The fourth-order valence-electron chi connectivity index (χ4n) is 0.925. The van der Waals surface area contributed by atoms with E-state index in [1.165, 1.54) is 7.11 Å². The Morgan fingerprint density at radius 2 is 2.08 bits per heavy atom. The van der Waals surface area contributed by atoms with Gasteiger partial charge in [-0.25, -0.2) is 0 Å². The van der Waals surface area contributed by atoms with Gasteiger partial charge in [0.25, 0.3) is 0 Å². The fourth-order valence-corrected chi connectivity index (χ4v) is 1.47. The molecule has 0 radical (unpaired) electrons. The van der Waals surface area contributed by atoms with Crippen LogP contribution in [0.25, 0.3) is 0 Å². The second-order valence-electron chi connectivity index (χ2n) is 2.38. The summed E-state index contributed by atoms with van der Waals surface area (Å²) >= 11 is 3.33. The van der Waals surface area contributed by atoms with E-state index in [-0.39, 0.29) is 5.90 Å². The molecule has 0 aliphatic heterocycles. The van der Waals surface area contributed by atoms with Gasteiger partial charge in [0.15, 0.2) is 0 Å². The Bertz CT molecular complexity index is 325. The van der Waals surface area contributed by atoms with Crippen LogP contribution in [0, 0.1) is 5.41 Å². The van der Waals surface area contributed by atoms with E-state index in [1.54, 1.807) is 25.3 Å². The highest BCUT2D eigenvalue weighted by atomic mass is 79.9. The van der Waals surface area contributed by atoms with Gasteiger partial charge in [0.05, 0.1) is 18.7 Å². The molecule has 1 rings (SSSR count). The molecule has 3 nitrogen and oxygen atoms in total. The number of halogens is 1. The molecule has 0 spiro atoms. The van der Waals surface area contributed by atoms with Gasteiger partial charge in [-0.3, -0.25) is 5.41 Å². The topological polar surface area (TPSA) is 42.3 Å². The molecule has 1 aromatic carbocycles. The average molecular weight is 244 g/mol. The summed E-state index contributed by atoms with van der Waals surface area (Å²) in [5, 5.41) is 7.42. The lowest BCUT2D eigenvalue weighted by atomic mass is 10.2. The summed E-state index contributed by atoms with van der Waals surface area (Å²) in [6.07, 6.45) is 0. The summed E-state index contributed by atoms with van der Waals surface area (Å²) in [5.74, 6) is 0.885. The lowest BCUT2D eigenvalue weighted by molar-refractivity contribution is 0.400. The zero-order valence-corrected chi connectivity index (χ0v) is 9.01. The van der Waals surface area contributed by atoms with Gasteiger partial charge < -0.3 is 9.47 Å². The van der Waals surface area contributed by atoms with Gasteiger partial charge in [-0.1, -0.05) is 0 Å². The Hall–Kier alpha value is -1.03. The number of ether oxygens (including phenoxy) is 2. The molecule has 0 heterocycles. The highest BCUT2D eigenvalue weighted by molar-refractivity contribution is 9.10. The van der Waals surface area contributed by atoms with Crippen LogP contribution in [0.4, 0.5) is 0 Å². The maximum absolute atomic E-state index is 7.42. The van der Waals surface area contributed by atoms with E-state index in [9.17, 15) is 0 Å². The molecule has 0 saturated carbocycles. The third kappa shape index (κ3) is 2.21. The largest absolute Gasteiger partial charge is 0.496 e. The molecular weight excluding hydrogens is 234 g/mol. The van der Waals surface area contributed by atoms with E-state index in [4.69, 9.17) is 14.9 Å². The first-order valence-corrected chi connectivity index (χ1v) is 4.44. The lowest BCUT2D eigenvalue weighted by Gasteiger charge is -2.06. The maximum Gasteiger partial charge on any atom is 0.212 e. The van der Waals surface area contributed by atoms with Crippen LogP contribution in [-0.2, 0) is 4.74 Å². The van der Waals surface area contributed by atoms with Crippen LogP contribution in [0.1, 0.15) is 5.56 Å². The van der Waals surface area contributed by atoms with Crippen LogP contribution in [0.2, 0.25) is 0 Å². The number of methoxy groups -OCH3 is 2. The first-order valence-electron chi connectivity index (χ1n) is 3.65. The Kier molecular flexibility index (Phi) is 3.31. The van der Waals surface area contributed by atoms with E-state index in [2.05, 4.69) is 15.9 Å². The summed E-state index contributed by atoms with van der Waals surface area (Å²) < 4.78 is 10.7. The van der Waals surface area contributed by atoms with Crippen molar-refractivity contribution in [3.05, 3.63) is 28.2 Å². The number of rotatable bonds is 2. The monoisotopic (exact) mass is 243 g/mol. The normalized spacial score (nSPS) is 9.46. The fraction of sp³-hybridized carbons (Fsp3) is 0.222. The summed E-state index contributed by atoms with van der Waals surface area (Å²) in [7, 11) is 3.07. The van der Waals surface area contributed by atoms with Crippen molar-refractivity contribution in [1.82, 2.24) is 0 Å². The summed E-state index contributed by atoms with van der Waals surface area (Å²) in [4.78, 5) is 0. The third-order valence-electron chi connectivity index (χ3n) is 1.62. The molecule has 0 unspecified atom stereocenters. The highest BCUT2D eigenvalue weighted by Gasteiger charge is 2.04. The average Bonchev–Trinajstić information content (AvgIpc) is 2.16. The van der Waals surface area contributed by atoms with Gasteiger partial charge in [-0.15, -0.1) is 0 Å². The van der Waals surface area contributed by atoms with Crippen LogP contribution in [0.5, 0.6) is 5.75 Å². The van der Waals surface area contributed by atoms with Gasteiger partial charge in [0.2, 0.25) is 5.90 Å². The van der Waals surface area contributed by atoms with Gasteiger partial charge in [-0.05, 0) is 34.1 Å². The zero-order valence-electron chi connectivity index (χ0n) is 7.43. The van der Waals surface area contributed by atoms with Crippen molar-refractivity contribution in [3.8, 4) is 5.75 Å². The molecular formula is C9H10BrNO2. The van der Waals surface area contributed by atoms with E-state index in [0.29, 0.717) is 0 Å². The van der Waals surface area contributed by atoms with Crippen molar-refractivity contribution >= 4 is 21.8 Å². The van der Waals surface area contributed by atoms with Gasteiger partial charge in [-0.2, -0.15) is 0 Å². The first-order chi connectivity index (χ1) is 6.19. The van der Waals surface area contributed by atoms with Crippen LogP contribution >= 0.6 is 15.9 Å². The van der Waals surface area contributed by atoms with Gasteiger partial charge in [0.1, 0.15) is 5.75 Å².